The van der Waals surface area contributed by atoms with Gasteiger partial charge in [0, 0.05) is 30.4 Å². The van der Waals surface area contributed by atoms with E-state index >= 15 is 0 Å². The van der Waals surface area contributed by atoms with Gasteiger partial charge in [0.1, 0.15) is 0 Å². The third-order valence-electron chi connectivity index (χ3n) is 4.59. The molecular formula is C15H20N2O4. The van der Waals surface area contributed by atoms with Gasteiger partial charge in [-0.15, -0.1) is 0 Å². The summed E-state index contributed by atoms with van der Waals surface area (Å²) in [6.45, 7) is 6.51. The third kappa shape index (κ3) is 2.57. The smallest absolute Gasteiger partial charge is 0.311 e. The third-order valence-corrected chi connectivity index (χ3v) is 4.59. The average Bonchev–Trinajstić information content (AvgIpc) is 2.85. The minimum absolute atomic E-state index is 0.0143. The molecule has 6 heteroatoms. The van der Waals surface area contributed by atoms with Gasteiger partial charge in [-0.25, -0.2) is 0 Å². The van der Waals surface area contributed by atoms with Crippen molar-refractivity contribution in [3.05, 3.63) is 33.9 Å². The van der Waals surface area contributed by atoms with Gasteiger partial charge in [-0.3, -0.25) is 14.9 Å². The molecule has 1 atom stereocenters. The zero-order valence-electron chi connectivity index (χ0n) is 12.5. The summed E-state index contributed by atoms with van der Waals surface area (Å²) < 4.78 is 0. The molecule has 1 unspecified atom stereocenters. The molecule has 0 spiro atoms. The van der Waals surface area contributed by atoms with Crippen LogP contribution in [0.5, 0.6) is 0 Å². The van der Waals surface area contributed by atoms with Gasteiger partial charge in [-0.05, 0) is 25.3 Å². The van der Waals surface area contributed by atoms with E-state index in [0.717, 1.165) is 5.69 Å². The number of hydrogen-bond acceptors (Lipinski definition) is 4. The van der Waals surface area contributed by atoms with Crippen molar-refractivity contribution in [3.63, 3.8) is 0 Å². The Morgan fingerprint density at radius 2 is 2.14 bits per heavy atom. The van der Waals surface area contributed by atoms with Crippen molar-refractivity contribution in [3.8, 4) is 0 Å². The first-order chi connectivity index (χ1) is 9.78. The van der Waals surface area contributed by atoms with Crippen LogP contribution in [0.4, 0.5) is 11.4 Å². The predicted octanol–water partition coefficient (Wildman–Crippen LogP) is 2.84. The fraction of sp³-hybridized carbons (Fsp3) is 0.533. The highest BCUT2D eigenvalue weighted by molar-refractivity contribution is 5.77. The van der Waals surface area contributed by atoms with E-state index in [1.165, 1.54) is 6.07 Å². The number of aliphatic carboxylic acids is 1. The number of carbonyl (C=O) groups is 1. The molecule has 1 aromatic rings. The van der Waals surface area contributed by atoms with E-state index in [0.29, 0.717) is 25.1 Å². The summed E-state index contributed by atoms with van der Waals surface area (Å²) in [7, 11) is 0. The second kappa shape index (κ2) is 5.35. The van der Waals surface area contributed by atoms with Crippen molar-refractivity contribution in [2.45, 2.75) is 27.2 Å². The molecule has 1 aromatic carbocycles. The van der Waals surface area contributed by atoms with Crippen molar-refractivity contribution in [1.82, 2.24) is 0 Å². The molecule has 0 amide bonds. The van der Waals surface area contributed by atoms with Crippen LogP contribution in [0.3, 0.4) is 0 Å². The van der Waals surface area contributed by atoms with Crippen LogP contribution in [0.25, 0.3) is 0 Å². The highest BCUT2D eigenvalue weighted by Crippen LogP contribution is 2.40. The minimum Gasteiger partial charge on any atom is -0.481 e. The summed E-state index contributed by atoms with van der Waals surface area (Å²) in [4.78, 5) is 24.2. The first-order valence-electron chi connectivity index (χ1n) is 7.01. The van der Waals surface area contributed by atoms with Gasteiger partial charge >= 0.3 is 5.97 Å². The maximum absolute atomic E-state index is 11.6. The summed E-state index contributed by atoms with van der Waals surface area (Å²) in [5.41, 5.74) is 0.622. The van der Waals surface area contributed by atoms with Crippen LogP contribution in [0.15, 0.2) is 18.2 Å². The highest BCUT2D eigenvalue weighted by atomic mass is 16.6. The lowest BCUT2D eigenvalue weighted by Crippen LogP contribution is -2.39. The Bertz CT molecular complexity index is 585. The van der Waals surface area contributed by atoms with Crippen LogP contribution in [0, 0.1) is 28.4 Å². The number of rotatable bonds is 4. The Morgan fingerprint density at radius 1 is 1.48 bits per heavy atom. The van der Waals surface area contributed by atoms with Crippen molar-refractivity contribution >= 4 is 17.3 Å². The van der Waals surface area contributed by atoms with Crippen LogP contribution in [-0.4, -0.2) is 29.1 Å². The van der Waals surface area contributed by atoms with Crippen molar-refractivity contribution in [2.75, 3.05) is 18.0 Å². The summed E-state index contributed by atoms with van der Waals surface area (Å²) in [5.74, 6) is -0.776. The van der Waals surface area contributed by atoms with Crippen molar-refractivity contribution in [2.24, 2.45) is 11.3 Å². The number of nitrogens with zero attached hydrogens (tertiary/aromatic N) is 2. The number of benzene rings is 1. The predicted molar refractivity (Wildman–Crippen MR) is 79.6 cm³/mol. The topological polar surface area (TPSA) is 83.7 Å². The minimum atomic E-state index is -0.790. The van der Waals surface area contributed by atoms with Crippen LogP contribution < -0.4 is 4.90 Å². The quantitative estimate of drug-likeness (QED) is 0.681. The summed E-state index contributed by atoms with van der Waals surface area (Å²) >= 11 is 0. The summed E-state index contributed by atoms with van der Waals surface area (Å²) in [6, 6.07) is 5.07. The van der Waals surface area contributed by atoms with Gasteiger partial charge in [0.2, 0.25) is 0 Å². The molecule has 21 heavy (non-hydrogen) atoms. The molecular weight excluding hydrogens is 272 g/mol. The molecule has 0 saturated carbocycles. The Labute approximate surface area is 123 Å². The van der Waals surface area contributed by atoms with Gasteiger partial charge < -0.3 is 10.0 Å². The molecule has 1 aliphatic rings. The van der Waals surface area contributed by atoms with Gasteiger partial charge in [0.05, 0.1) is 10.3 Å². The normalized spacial score (nSPS) is 21.8. The molecule has 114 valence electrons. The van der Waals surface area contributed by atoms with Crippen LogP contribution >= 0.6 is 0 Å². The molecule has 6 nitrogen and oxygen atoms in total. The number of nitro benzene ring substituents is 1. The van der Waals surface area contributed by atoms with Crippen LogP contribution in [0.1, 0.15) is 25.8 Å². The Hall–Kier alpha value is -2.11. The zero-order chi connectivity index (χ0) is 15.8. The zero-order valence-corrected chi connectivity index (χ0v) is 12.5. The summed E-state index contributed by atoms with van der Waals surface area (Å²) in [6.07, 6.45) is 0.557. The van der Waals surface area contributed by atoms with Gasteiger partial charge in [-0.2, -0.15) is 0 Å². The van der Waals surface area contributed by atoms with E-state index in [1.54, 1.807) is 13.0 Å². The Balaban J connectivity index is 2.32. The lowest BCUT2D eigenvalue weighted by Gasteiger charge is -2.29. The number of nitro groups is 1. The van der Waals surface area contributed by atoms with E-state index < -0.39 is 16.3 Å². The number of hydrogen-bond donors (Lipinski definition) is 1. The monoisotopic (exact) mass is 292 g/mol. The van der Waals surface area contributed by atoms with E-state index in [-0.39, 0.29) is 11.6 Å². The molecule has 1 heterocycles. The van der Waals surface area contributed by atoms with Crippen molar-refractivity contribution < 1.29 is 14.8 Å². The van der Waals surface area contributed by atoms with Gasteiger partial charge in [0.25, 0.3) is 5.69 Å². The fourth-order valence-electron chi connectivity index (χ4n) is 2.94. The molecule has 0 aromatic heterocycles. The second-order valence-electron chi connectivity index (χ2n) is 6.02. The largest absolute Gasteiger partial charge is 0.481 e. The number of aryl methyl sites for hydroxylation is 1. The maximum Gasteiger partial charge on any atom is 0.311 e. The standard InChI is InChI=1S/C15H20N2O4/c1-10(2)15(14(18)19)6-7-16(9-15)12-5-4-11(3)13(8-12)17(20)21/h4-5,8,10H,6-7,9H2,1-3H3,(H,18,19). The Kier molecular flexibility index (Phi) is 3.89. The first kappa shape index (κ1) is 15.3. The molecule has 0 aliphatic carbocycles. The fourth-order valence-corrected chi connectivity index (χ4v) is 2.94. The molecule has 1 aliphatic heterocycles. The van der Waals surface area contributed by atoms with Gasteiger partial charge in [-0.1, -0.05) is 19.9 Å². The number of carboxylic acid groups (broad SMARTS) is 1. The number of carboxylic acids is 1. The second-order valence-corrected chi connectivity index (χ2v) is 6.02. The molecule has 1 fully saturated rings. The van der Waals surface area contributed by atoms with Crippen LogP contribution in [0.2, 0.25) is 0 Å². The summed E-state index contributed by atoms with van der Waals surface area (Å²) in [5, 5.41) is 20.6. The lowest BCUT2D eigenvalue weighted by molar-refractivity contribution is -0.385. The van der Waals surface area contributed by atoms with E-state index in [4.69, 9.17) is 0 Å². The first-order valence-corrected chi connectivity index (χ1v) is 7.01. The maximum atomic E-state index is 11.6. The van der Waals surface area contributed by atoms with E-state index in [9.17, 15) is 20.0 Å². The molecule has 0 radical (unpaired) electrons. The van der Waals surface area contributed by atoms with E-state index in [2.05, 4.69) is 0 Å². The molecule has 1 saturated heterocycles. The number of anilines is 1. The SMILES string of the molecule is Cc1ccc(N2CCC(C(=O)O)(C(C)C)C2)cc1[N+](=O)[O-]. The van der Waals surface area contributed by atoms with Crippen molar-refractivity contribution in [1.29, 1.82) is 0 Å². The van der Waals surface area contributed by atoms with Crippen LogP contribution in [-0.2, 0) is 4.79 Å². The molecule has 2 rings (SSSR count). The molecule has 1 N–H and O–H groups in total. The molecule has 0 bridgehead atoms. The van der Waals surface area contributed by atoms with E-state index in [1.807, 2.05) is 24.8 Å². The average molecular weight is 292 g/mol. The highest BCUT2D eigenvalue weighted by Gasteiger charge is 2.47. The lowest BCUT2D eigenvalue weighted by atomic mass is 9.76. The Morgan fingerprint density at radius 3 is 2.62 bits per heavy atom. The van der Waals surface area contributed by atoms with Gasteiger partial charge in [0.15, 0.2) is 0 Å².